The number of benzene rings is 1. The van der Waals surface area contributed by atoms with E-state index in [-0.39, 0.29) is 0 Å². The standard InChI is InChI=1S/C21H31NO6S/c1-19(2,3)27-17(24)22-15(16(23)26-14-12-10-9-11-13-14)21(7,8)29-18(25)28-20(4,5)6/h9-13,15H,1-8H3,(H,22,24)/t15-/m0/s1. The molecule has 0 aliphatic carbocycles. The van der Waals surface area contributed by atoms with E-state index in [9.17, 15) is 14.4 Å². The van der Waals surface area contributed by atoms with Crippen molar-refractivity contribution in [2.75, 3.05) is 0 Å². The second-order valence-corrected chi connectivity index (χ2v) is 10.6. The molecule has 0 aliphatic heterocycles. The fourth-order valence-corrected chi connectivity index (χ4v) is 3.14. The highest BCUT2D eigenvalue weighted by Gasteiger charge is 2.42. The molecule has 0 radical (unpaired) electrons. The zero-order valence-electron chi connectivity index (χ0n) is 18.3. The topological polar surface area (TPSA) is 90.9 Å². The zero-order valence-corrected chi connectivity index (χ0v) is 19.1. The molecule has 0 fully saturated rings. The Morgan fingerprint density at radius 1 is 0.862 bits per heavy atom. The van der Waals surface area contributed by atoms with Gasteiger partial charge in [-0.2, -0.15) is 0 Å². The number of rotatable bonds is 5. The number of esters is 1. The summed E-state index contributed by atoms with van der Waals surface area (Å²) in [6, 6.07) is 7.30. The monoisotopic (exact) mass is 425 g/mol. The number of hydrogen-bond acceptors (Lipinski definition) is 7. The van der Waals surface area contributed by atoms with E-state index in [0.29, 0.717) is 5.75 Å². The van der Waals surface area contributed by atoms with Crippen LogP contribution < -0.4 is 10.1 Å². The summed E-state index contributed by atoms with van der Waals surface area (Å²) in [7, 11) is 0. The van der Waals surface area contributed by atoms with Gasteiger partial charge in [0, 0.05) is 0 Å². The van der Waals surface area contributed by atoms with Crippen LogP contribution in [0.5, 0.6) is 5.75 Å². The van der Waals surface area contributed by atoms with Gasteiger partial charge in [-0.3, -0.25) is 0 Å². The minimum atomic E-state index is -1.17. The summed E-state index contributed by atoms with van der Waals surface area (Å²) in [6.07, 6.45) is -0.787. The van der Waals surface area contributed by atoms with E-state index in [2.05, 4.69) is 5.32 Å². The van der Waals surface area contributed by atoms with Crippen LogP contribution in [0.1, 0.15) is 55.4 Å². The first kappa shape index (κ1) is 24.8. The number of nitrogens with one attached hydrogen (secondary N) is 1. The van der Waals surface area contributed by atoms with Crippen molar-refractivity contribution in [3.8, 4) is 5.75 Å². The Hall–Kier alpha value is -2.22. The smallest absolute Gasteiger partial charge is 0.408 e. The van der Waals surface area contributed by atoms with Gasteiger partial charge in [-0.1, -0.05) is 18.2 Å². The van der Waals surface area contributed by atoms with Gasteiger partial charge in [-0.05, 0) is 79.3 Å². The molecule has 1 atom stereocenters. The van der Waals surface area contributed by atoms with Gasteiger partial charge in [0.2, 0.25) is 0 Å². The van der Waals surface area contributed by atoms with Crippen molar-refractivity contribution in [2.24, 2.45) is 0 Å². The van der Waals surface area contributed by atoms with Crippen molar-refractivity contribution in [3.05, 3.63) is 30.3 Å². The molecule has 0 saturated heterocycles. The van der Waals surface area contributed by atoms with Gasteiger partial charge in [-0.25, -0.2) is 14.4 Å². The van der Waals surface area contributed by atoms with Gasteiger partial charge in [0.25, 0.3) is 0 Å². The molecule has 0 heterocycles. The Labute approximate surface area is 176 Å². The summed E-state index contributed by atoms with van der Waals surface area (Å²) in [6.45, 7) is 13.7. The lowest BCUT2D eigenvalue weighted by Gasteiger charge is -2.33. The lowest BCUT2D eigenvalue weighted by atomic mass is 10.0. The molecule has 1 aromatic rings. The van der Waals surface area contributed by atoms with E-state index < -0.39 is 39.4 Å². The van der Waals surface area contributed by atoms with Crippen molar-refractivity contribution in [1.29, 1.82) is 0 Å². The SMILES string of the molecule is CC(C)(C)OC(=O)N[C@@H](C(=O)Oc1ccccc1)C(C)(C)SC(=O)OC(C)(C)C. The number of ether oxygens (including phenoxy) is 3. The predicted octanol–water partition coefficient (Wildman–Crippen LogP) is 4.93. The van der Waals surface area contributed by atoms with E-state index in [4.69, 9.17) is 14.2 Å². The molecule has 0 unspecified atom stereocenters. The third kappa shape index (κ3) is 9.69. The van der Waals surface area contributed by atoms with Crippen LogP contribution in [0.25, 0.3) is 0 Å². The second-order valence-electron chi connectivity index (χ2n) is 8.98. The Balaban J connectivity index is 3.05. The van der Waals surface area contributed by atoms with Gasteiger partial charge in [0.1, 0.15) is 23.0 Å². The molecule has 1 aromatic carbocycles. The number of alkyl carbamates (subject to hydrolysis) is 1. The van der Waals surface area contributed by atoms with Crippen molar-refractivity contribution in [2.45, 2.75) is 77.4 Å². The molecule has 29 heavy (non-hydrogen) atoms. The minimum absolute atomic E-state index is 0.326. The summed E-state index contributed by atoms with van der Waals surface area (Å²) < 4.78 is 14.9. The average molecular weight is 426 g/mol. The molecule has 1 amide bonds. The molecule has 0 aromatic heterocycles. The molecular weight excluding hydrogens is 394 g/mol. The third-order valence-corrected chi connectivity index (χ3v) is 4.30. The Morgan fingerprint density at radius 3 is 1.86 bits per heavy atom. The van der Waals surface area contributed by atoms with E-state index in [1.165, 1.54) is 0 Å². The fourth-order valence-electron chi connectivity index (χ4n) is 2.15. The summed E-state index contributed by atoms with van der Waals surface area (Å²) >= 11 is 0.803. The van der Waals surface area contributed by atoms with Crippen LogP contribution in [-0.2, 0) is 14.3 Å². The van der Waals surface area contributed by atoms with Crippen LogP contribution in [0.2, 0.25) is 0 Å². The molecule has 0 saturated carbocycles. The van der Waals surface area contributed by atoms with Crippen LogP contribution in [0.15, 0.2) is 30.3 Å². The maximum atomic E-state index is 12.9. The normalized spacial score (nSPS) is 13.2. The first-order valence-electron chi connectivity index (χ1n) is 9.27. The van der Waals surface area contributed by atoms with Crippen LogP contribution >= 0.6 is 11.8 Å². The van der Waals surface area contributed by atoms with Gasteiger partial charge >= 0.3 is 17.4 Å². The van der Waals surface area contributed by atoms with Crippen molar-refractivity contribution < 1.29 is 28.6 Å². The fraction of sp³-hybridized carbons (Fsp3) is 0.571. The van der Waals surface area contributed by atoms with Crippen LogP contribution in [0.3, 0.4) is 0 Å². The largest absolute Gasteiger partial charge is 0.452 e. The quantitative estimate of drug-likeness (QED) is 0.528. The van der Waals surface area contributed by atoms with Gasteiger partial charge in [-0.15, -0.1) is 0 Å². The van der Waals surface area contributed by atoms with Crippen LogP contribution in [0.4, 0.5) is 9.59 Å². The maximum absolute atomic E-state index is 12.9. The van der Waals surface area contributed by atoms with Crippen molar-refractivity contribution in [3.63, 3.8) is 0 Å². The van der Waals surface area contributed by atoms with Crippen LogP contribution in [-0.4, -0.2) is 39.4 Å². The minimum Gasteiger partial charge on any atom is -0.452 e. The highest BCUT2D eigenvalue weighted by atomic mass is 32.2. The lowest BCUT2D eigenvalue weighted by Crippen LogP contribution is -2.55. The predicted molar refractivity (Wildman–Crippen MR) is 113 cm³/mol. The maximum Gasteiger partial charge on any atom is 0.408 e. The molecular formula is C21H31NO6S. The number of hydrogen-bond donors (Lipinski definition) is 1. The lowest BCUT2D eigenvalue weighted by molar-refractivity contribution is -0.137. The zero-order chi connectivity index (χ0) is 22.5. The second kappa shape index (κ2) is 9.52. The summed E-state index contributed by atoms with van der Waals surface area (Å²) in [4.78, 5) is 37.5. The Morgan fingerprint density at radius 2 is 1.38 bits per heavy atom. The first-order chi connectivity index (χ1) is 13.1. The van der Waals surface area contributed by atoms with Crippen LogP contribution in [0, 0.1) is 0 Å². The number of carbonyl (C=O) groups excluding carboxylic acids is 3. The first-order valence-corrected chi connectivity index (χ1v) is 10.1. The van der Waals surface area contributed by atoms with E-state index in [1.807, 2.05) is 0 Å². The number of para-hydroxylation sites is 1. The van der Waals surface area contributed by atoms with Gasteiger partial charge < -0.3 is 19.5 Å². The third-order valence-electron chi connectivity index (χ3n) is 3.29. The highest BCUT2D eigenvalue weighted by Crippen LogP contribution is 2.32. The van der Waals surface area contributed by atoms with Crippen molar-refractivity contribution >= 4 is 29.1 Å². The Bertz CT molecular complexity index is 719. The molecule has 0 bridgehead atoms. The summed E-state index contributed by atoms with van der Waals surface area (Å²) in [5, 5.41) is 1.97. The molecule has 0 aliphatic rings. The number of amides is 1. The van der Waals surface area contributed by atoms with Crippen molar-refractivity contribution in [1.82, 2.24) is 5.32 Å². The molecule has 1 N–H and O–H groups in total. The molecule has 162 valence electrons. The van der Waals surface area contributed by atoms with E-state index >= 15 is 0 Å². The van der Waals surface area contributed by atoms with E-state index in [1.54, 1.807) is 85.7 Å². The van der Waals surface area contributed by atoms with Gasteiger partial charge in [0.15, 0.2) is 0 Å². The summed E-state index contributed by atoms with van der Waals surface area (Å²) in [5.41, 5.74) is -1.43. The van der Waals surface area contributed by atoms with E-state index in [0.717, 1.165) is 11.8 Å². The number of carbonyl (C=O) groups is 3. The Kier molecular flexibility index (Phi) is 8.15. The molecule has 7 nitrogen and oxygen atoms in total. The van der Waals surface area contributed by atoms with Gasteiger partial charge in [0.05, 0.1) is 4.75 Å². The highest BCUT2D eigenvalue weighted by molar-refractivity contribution is 8.14. The molecule has 8 heteroatoms. The molecule has 1 rings (SSSR count). The molecule has 0 spiro atoms. The number of thioether (sulfide) groups is 1. The average Bonchev–Trinajstić information content (AvgIpc) is 2.49. The summed E-state index contributed by atoms with van der Waals surface area (Å²) in [5.74, 6) is -0.394.